The third-order valence-corrected chi connectivity index (χ3v) is 5.35. The van der Waals surface area contributed by atoms with Gasteiger partial charge in [-0.2, -0.15) is 0 Å². The predicted octanol–water partition coefficient (Wildman–Crippen LogP) is 3.77. The number of anilines is 1. The first-order valence-electron chi connectivity index (χ1n) is 7.82. The minimum absolute atomic E-state index is 0. The van der Waals surface area contributed by atoms with Crippen molar-refractivity contribution in [2.45, 2.75) is 12.0 Å². The van der Waals surface area contributed by atoms with Gasteiger partial charge in [-0.15, -0.1) is 12.4 Å². The van der Waals surface area contributed by atoms with Crippen LogP contribution in [0.15, 0.2) is 24.3 Å². The molecule has 2 heterocycles. The predicted molar refractivity (Wildman–Crippen MR) is 104 cm³/mol. The van der Waals surface area contributed by atoms with E-state index in [2.05, 4.69) is 10.6 Å². The Morgan fingerprint density at radius 1 is 1.04 bits per heavy atom. The van der Waals surface area contributed by atoms with Gasteiger partial charge in [-0.3, -0.25) is 10.1 Å². The van der Waals surface area contributed by atoms with E-state index in [1.807, 2.05) is 12.1 Å². The number of halogens is 3. The van der Waals surface area contributed by atoms with Crippen LogP contribution in [0.3, 0.4) is 0 Å². The number of ether oxygens (including phenoxy) is 2. The SMILES string of the molecule is COc1cc2c(cc1OC)C1(NCC2)C(=O)Nc2c(Cl)cc(Cl)cc21.Cl. The van der Waals surface area contributed by atoms with E-state index in [1.54, 1.807) is 26.4 Å². The van der Waals surface area contributed by atoms with Gasteiger partial charge in [0.1, 0.15) is 0 Å². The number of carbonyl (C=O) groups is 1. The van der Waals surface area contributed by atoms with Gasteiger partial charge < -0.3 is 14.8 Å². The second kappa shape index (κ2) is 6.82. The van der Waals surface area contributed by atoms with Crippen molar-refractivity contribution in [3.63, 3.8) is 0 Å². The highest BCUT2D eigenvalue weighted by molar-refractivity contribution is 6.38. The molecule has 0 bridgehead atoms. The van der Waals surface area contributed by atoms with Gasteiger partial charge >= 0.3 is 0 Å². The maximum atomic E-state index is 13.0. The molecule has 1 unspecified atom stereocenters. The van der Waals surface area contributed by atoms with E-state index in [9.17, 15) is 4.79 Å². The molecule has 2 aromatic rings. The molecule has 0 aromatic heterocycles. The second-order valence-corrected chi connectivity index (χ2v) is 6.90. The highest BCUT2D eigenvalue weighted by atomic mass is 35.5. The average Bonchev–Trinajstić information content (AvgIpc) is 2.87. The summed E-state index contributed by atoms with van der Waals surface area (Å²) in [7, 11) is 3.17. The third-order valence-electron chi connectivity index (χ3n) is 4.84. The Morgan fingerprint density at radius 2 is 1.73 bits per heavy atom. The summed E-state index contributed by atoms with van der Waals surface area (Å²) in [5.74, 6) is 1.03. The molecule has 4 rings (SSSR count). The molecule has 26 heavy (non-hydrogen) atoms. The van der Waals surface area contributed by atoms with Crippen molar-refractivity contribution >= 4 is 47.2 Å². The summed E-state index contributed by atoms with van der Waals surface area (Å²) >= 11 is 12.5. The van der Waals surface area contributed by atoms with Crippen molar-refractivity contribution in [3.05, 3.63) is 51.0 Å². The molecule has 5 nitrogen and oxygen atoms in total. The fourth-order valence-corrected chi connectivity index (χ4v) is 4.27. The Bertz CT molecular complexity index is 904. The molecule has 0 saturated heterocycles. The number of nitrogens with one attached hydrogen (secondary N) is 2. The van der Waals surface area contributed by atoms with Gasteiger partial charge in [0.15, 0.2) is 17.0 Å². The lowest BCUT2D eigenvalue weighted by Crippen LogP contribution is -2.52. The molecule has 1 amide bonds. The zero-order chi connectivity index (χ0) is 17.8. The van der Waals surface area contributed by atoms with Crippen molar-refractivity contribution in [1.82, 2.24) is 5.32 Å². The molecule has 2 aliphatic heterocycles. The summed E-state index contributed by atoms with van der Waals surface area (Å²) in [6, 6.07) is 7.18. The highest BCUT2D eigenvalue weighted by Gasteiger charge is 2.51. The molecule has 0 fully saturated rings. The van der Waals surface area contributed by atoms with Crippen molar-refractivity contribution in [3.8, 4) is 11.5 Å². The molecule has 8 heteroatoms. The number of rotatable bonds is 2. The second-order valence-electron chi connectivity index (χ2n) is 6.06. The molecule has 2 aliphatic rings. The molecular weight excluding hydrogens is 399 g/mol. The van der Waals surface area contributed by atoms with E-state index >= 15 is 0 Å². The minimum atomic E-state index is -1.04. The number of hydrogen-bond donors (Lipinski definition) is 2. The van der Waals surface area contributed by atoms with E-state index in [1.165, 1.54) is 0 Å². The Morgan fingerprint density at radius 3 is 2.42 bits per heavy atom. The van der Waals surface area contributed by atoms with E-state index in [-0.39, 0.29) is 18.3 Å². The van der Waals surface area contributed by atoms with E-state index in [0.29, 0.717) is 33.8 Å². The third kappa shape index (κ3) is 2.54. The zero-order valence-electron chi connectivity index (χ0n) is 14.1. The summed E-state index contributed by atoms with van der Waals surface area (Å²) in [4.78, 5) is 13.0. The van der Waals surface area contributed by atoms with Crippen LogP contribution < -0.4 is 20.1 Å². The maximum absolute atomic E-state index is 13.0. The Labute approximate surface area is 167 Å². The van der Waals surface area contributed by atoms with Crippen LogP contribution in [0, 0.1) is 0 Å². The smallest absolute Gasteiger partial charge is 0.254 e. The van der Waals surface area contributed by atoms with Crippen molar-refractivity contribution in [2.75, 3.05) is 26.1 Å². The molecule has 2 aromatic carbocycles. The number of carbonyl (C=O) groups excluding carboxylic acids is 1. The largest absolute Gasteiger partial charge is 0.493 e. The summed E-state index contributed by atoms with van der Waals surface area (Å²) in [6.07, 6.45) is 0.772. The number of amides is 1. The van der Waals surface area contributed by atoms with Gasteiger partial charge in [0, 0.05) is 17.1 Å². The molecule has 138 valence electrons. The van der Waals surface area contributed by atoms with Crippen LogP contribution in [0.1, 0.15) is 16.7 Å². The Hall–Kier alpha value is -1.66. The lowest BCUT2D eigenvalue weighted by Gasteiger charge is -2.36. The van der Waals surface area contributed by atoms with Crippen LogP contribution in [0.2, 0.25) is 10.0 Å². The highest BCUT2D eigenvalue weighted by Crippen LogP contribution is 2.49. The Balaban J connectivity index is 0.00000196. The van der Waals surface area contributed by atoms with Gasteiger partial charge in [-0.25, -0.2) is 0 Å². The quantitative estimate of drug-likeness (QED) is 0.784. The number of benzene rings is 2. The van der Waals surface area contributed by atoms with E-state index < -0.39 is 5.54 Å². The van der Waals surface area contributed by atoms with Crippen LogP contribution in [0.4, 0.5) is 5.69 Å². The molecule has 0 saturated carbocycles. The molecular formula is C18H17Cl3N2O3. The summed E-state index contributed by atoms with van der Waals surface area (Å²) in [5.41, 5.74) is 2.12. The summed E-state index contributed by atoms with van der Waals surface area (Å²) in [5, 5.41) is 7.17. The van der Waals surface area contributed by atoms with Crippen molar-refractivity contribution in [2.24, 2.45) is 0 Å². The first-order valence-corrected chi connectivity index (χ1v) is 8.58. The maximum Gasteiger partial charge on any atom is 0.254 e. The fraction of sp³-hybridized carbons (Fsp3) is 0.278. The molecule has 1 spiro atoms. The van der Waals surface area contributed by atoms with E-state index in [0.717, 1.165) is 23.1 Å². The minimum Gasteiger partial charge on any atom is -0.493 e. The van der Waals surface area contributed by atoms with E-state index in [4.69, 9.17) is 32.7 Å². The number of methoxy groups -OCH3 is 2. The molecule has 0 radical (unpaired) electrons. The van der Waals surface area contributed by atoms with Gasteiger partial charge in [0.25, 0.3) is 5.91 Å². The topological polar surface area (TPSA) is 59.6 Å². The van der Waals surface area contributed by atoms with Crippen molar-refractivity contribution < 1.29 is 14.3 Å². The van der Waals surface area contributed by atoms with Gasteiger partial charge in [-0.05, 0) is 41.8 Å². The fourth-order valence-electron chi connectivity index (χ4n) is 3.73. The number of hydrogen-bond acceptors (Lipinski definition) is 4. The lowest BCUT2D eigenvalue weighted by atomic mass is 9.78. The summed E-state index contributed by atoms with van der Waals surface area (Å²) < 4.78 is 10.8. The van der Waals surface area contributed by atoms with Crippen LogP contribution in [0.25, 0.3) is 0 Å². The molecule has 2 N–H and O–H groups in total. The van der Waals surface area contributed by atoms with Crippen LogP contribution >= 0.6 is 35.6 Å². The van der Waals surface area contributed by atoms with Crippen molar-refractivity contribution in [1.29, 1.82) is 0 Å². The number of fused-ring (bicyclic) bond motifs is 4. The first kappa shape index (κ1) is 19.1. The standard InChI is InChI=1S/C18H16Cl2N2O3.ClH/c1-24-14-5-9-3-4-21-18(11(9)8-15(14)25-2)12-6-10(19)7-13(20)16(12)22-17(18)23;/h5-8,21H,3-4H2,1-2H3,(H,22,23);1H. The van der Waals surface area contributed by atoms with Gasteiger partial charge in [0.05, 0.1) is 24.9 Å². The van der Waals surface area contributed by atoms with Gasteiger partial charge in [0.2, 0.25) is 0 Å². The normalized spacial score (nSPS) is 20.1. The van der Waals surface area contributed by atoms with Crippen LogP contribution in [0.5, 0.6) is 11.5 Å². The van der Waals surface area contributed by atoms with Gasteiger partial charge in [-0.1, -0.05) is 23.2 Å². The first-order chi connectivity index (χ1) is 12.0. The summed E-state index contributed by atoms with van der Waals surface area (Å²) in [6.45, 7) is 0.638. The molecule has 0 aliphatic carbocycles. The Kier molecular flexibility index (Phi) is 5.01. The average molecular weight is 416 g/mol. The molecule has 1 atom stereocenters. The van der Waals surface area contributed by atoms with Crippen LogP contribution in [-0.2, 0) is 16.8 Å². The lowest BCUT2D eigenvalue weighted by molar-refractivity contribution is -0.120. The van der Waals surface area contributed by atoms with Crippen LogP contribution in [-0.4, -0.2) is 26.7 Å². The zero-order valence-corrected chi connectivity index (χ0v) is 16.4. The monoisotopic (exact) mass is 414 g/mol.